The summed E-state index contributed by atoms with van der Waals surface area (Å²) in [6, 6.07) is 0. The minimum atomic E-state index is -0.490. The Morgan fingerprint density at radius 1 is 1.55 bits per heavy atom. The van der Waals surface area contributed by atoms with Crippen molar-refractivity contribution >= 4 is 5.91 Å². The van der Waals surface area contributed by atoms with E-state index in [1.165, 1.54) is 0 Å². The number of hydrogen-bond donors (Lipinski definition) is 2. The van der Waals surface area contributed by atoms with Crippen molar-refractivity contribution in [3.05, 3.63) is 0 Å². The highest BCUT2D eigenvalue weighted by Crippen LogP contribution is 1.71. The van der Waals surface area contributed by atoms with Gasteiger partial charge in [-0.2, -0.15) is 0 Å². The van der Waals surface area contributed by atoms with Gasteiger partial charge in [0.25, 0.3) is 0 Å². The van der Waals surface area contributed by atoms with Gasteiger partial charge in [-0.3, -0.25) is 4.79 Å². The van der Waals surface area contributed by atoms with Crippen LogP contribution in [0.15, 0.2) is 0 Å². The van der Waals surface area contributed by atoms with Gasteiger partial charge in [0.15, 0.2) is 0 Å². The first-order valence-electron chi connectivity index (χ1n) is 3.40. The van der Waals surface area contributed by atoms with Crippen LogP contribution in [0.1, 0.15) is 0 Å². The second-order valence-corrected chi connectivity index (χ2v) is 1.96. The van der Waals surface area contributed by atoms with E-state index >= 15 is 0 Å². The van der Waals surface area contributed by atoms with Crippen molar-refractivity contribution in [1.29, 1.82) is 0 Å². The van der Waals surface area contributed by atoms with Crippen LogP contribution in [0, 0.1) is 0 Å². The third-order valence-electron chi connectivity index (χ3n) is 0.939. The summed E-state index contributed by atoms with van der Waals surface area (Å²) in [6.07, 6.45) is 0. The summed E-state index contributed by atoms with van der Waals surface area (Å²) in [5.74, 6) is -0.490. The summed E-state index contributed by atoms with van der Waals surface area (Å²) in [4.78, 5) is 10.1. The van der Waals surface area contributed by atoms with Crippen LogP contribution in [0.3, 0.4) is 0 Å². The van der Waals surface area contributed by atoms with Gasteiger partial charge in [0, 0.05) is 13.1 Å². The van der Waals surface area contributed by atoms with Crippen LogP contribution < -0.4 is 11.1 Å². The molecular weight excluding hydrogens is 151 g/mol. The van der Waals surface area contributed by atoms with Crippen molar-refractivity contribution in [1.82, 2.24) is 5.32 Å². The van der Waals surface area contributed by atoms with Gasteiger partial charge in [-0.15, -0.1) is 0 Å². The SMILES string of the molecule is NC(=O)COCCNCCF. The molecule has 5 heteroatoms. The molecular formula is C6H13FN2O2. The molecule has 0 fully saturated rings. The zero-order valence-corrected chi connectivity index (χ0v) is 6.31. The topological polar surface area (TPSA) is 64.4 Å². The average molecular weight is 164 g/mol. The van der Waals surface area contributed by atoms with Gasteiger partial charge >= 0.3 is 0 Å². The molecule has 0 atom stereocenters. The molecule has 0 aliphatic carbocycles. The zero-order valence-electron chi connectivity index (χ0n) is 6.31. The Balaban J connectivity index is 2.85. The predicted molar refractivity (Wildman–Crippen MR) is 38.9 cm³/mol. The molecule has 0 unspecified atom stereocenters. The highest BCUT2D eigenvalue weighted by atomic mass is 19.1. The molecule has 0 rings (SSSR count). The maximum absolute atomic E-state index is 11.5. The van der Waals surface area contributed by atoms with Gasteiger partial charge in [0.05, 0.1) is 6.61 Å². The van der Waals surface area contributed by atoms with Crippen LogP contribution in [0.4, 0.5) is 4.39 Å². The maximum atomic E-state index is 11.5. The van der Waals surface area contributed by atoms with Crippen molar-refractivity contribution < 1.29 is 13.9 Å². The van der Waals surface area contributed by atoms with Gasteiger partial charge in [0.2, 0.25) is 5.91 Å². The number of alkyl halides is 1. The number of ether oxygens (including phenoxy) is 1. The number of carbonyl (C=O) groups is 1. The highest BCUT2D eigenvalue weighted by Gasteiger charge is 1.92. The van der Waals surface area contributed by atoms with E-state index in [2.05, 4.69) is 5.32 Å². The minimum absolute atomic E-state index is 0.0721. The third kappa shape index (κ3) is 9.32. The number of halogens is 1. The molecule has 0 aromatic rings. The Hall–Kier alpha value is -0.680. The van der Waals surface area contributed by atoms with Crippen molar-refractivity contribution in [3.8, 4) is 0 Å². The van der Waals surface area contributed by atoms with Crippen molar-refractivity contribution in [2.45, 2.75) is 0 Å². The molecule has 3 N–H and O–H groups in total. The quantitative estimate of drug-likeness (QED) is 0.477. The number of primary amides is 1. The number of rotatable bonds is 7. The van der Waals surface area contributed by atoms with Gasteiger partial charge in [-0.1, -0.05) is 0 Å². The lowest BCUT2D eigenvalue weighted by atomic mass is 10.6. The van der Waals surface area contributed by atoms with Crippen LogP contribution >= 0.6 is 0 Å². The first-order valence-corrected chi connectivity index (χ1v) is 3.40. The lowest BCUT2D eigenvalue weighted by Gasteiger charge is -2.01. The molecule has 0 aliphatic rings. The fraction of sp³-hybridized carbons (Fsp3) is 0.833. The first kappa shape index (κ1) is 10.3. The normalized spacial score (nSPS) is 9.91. The lowest BCUT2D eigenvalue weighted by molar-refractivity contribution is -0.122. The third-order valence-corrected chi connectivity index (χ3v) is 0.939. The summed E-state index contributed by atoms with van der Waals surface area (Å²) >= 11 is 0. The molecule has 0 aliphatic heterocycles. The van der Waals surface area contributed by atoms with E-state index in [1.807, 2.05) is 0 Å². The second kappa shape index (κ2) is 7.43. The molecule has 0 radical (unpaired) electrons. The van der Waals surface area contributed by atoms with E-state index in [0.717, 1.165) is 0 Å². The highest BCUT2D eigenvalue weighted by molar-refractivity contribution is 5.74. The van der Waals surface area contributed by atoms with Crippen LogP contribution in [-0.2, 0) is 9.53 Å². The molecule has 0 bridgehead atoms. The second-order valence-electron chi connectivity index (χ2n) is 1.96. The maximum Gasteiger partial charge on any atom is 0.243 e. The van der Waals surface area contributed by atoms with Crippen molar-refractivity contribution in [3.63, 3.8) is 0 Å². The summed E-state index contributed by atoms with van der Waals surface area (Å²) in [6.45, 7) is 0.771. The molecule has 0 saturated heterocycles. The fourth-order valence-electron chi connectivity index (χ4n) is 0.509. The van der Waals surface area contributed by atoms with Crippen molar-refractivity contribution in [2.75, 3.05) is 33.0 Å². The van der Waals surface area contributed by atoms with Crippen molar-refractivity contribution in [2.24, 2.45) is 5.73 Å². The van der Waals surface area contributed by atoms with Gasteiger partial charge in [-0.05, 0) is 0 Å². The Bertz CT molecular complexity index is 111. The predicted octanol–water partition coefficient (Wildman–Crippen LogP) is -0.953. The largest absolute Gasteiger partial charge is 0.370 e. The van der Waals surface area contributed by atoms with Crippen LogP contribution in [-0.4, -0.2) is 38.9 Å². The monoisotopic (exact) mass is 164 g/mol. The molecule has 0 heterocycles. The summed E-state index contributed by atoms with van der Waals surface area (Å²) < 4.78 is 16.2. The van der Waals surface area contributed by atoms with Gasteiger partial charge in [0.1, 0.15) is 13.3 Å². The lowest BCUT2D eigenvalue weighted by Crippen LogP contribution is -2.25. The fourth-order valence-corrected chi connectivity index (χ4v) is 0.509. The summed E-state index contributed by atoms with van der Waals surface area (Å²) in [5.41, 5.74) is 4.79. The van der Waals surface area contributed by atoms with Gasteiger partial charge in [-0.25, -0.2) is 4.39 Å². The molecule has 11 heavy (non-hydrogen) atoms. The van der Waals surface area contributed by atoms with E-state index in [-0.39, 0.29) is 6.61 Å². The smallest absolute Gasteiger partial charge is 0.243 e. The Morgan fingerprint density at radius 3 is 2.82 bits per heavy atom. The Labute approximate surface area is 64.9 Å². The van der Waals surface area contributed by atoms with Crippen LogP contribution in [0.5, 0.6) is 0 Å². The number of nitrogens with two attached hydrogens (primary N) is 1. The average Bonchev–Trinajstić information content (AvgIpc) is 1.96. The zero-order chi connectivity index (χ0) is 8.53. The molecule has 0 spiro atoms. The van der Waals surface area contributed by atoms with E-state index in [1.54, 1.807) is 0 Å². The minimum Gasteiger partial charge on any atom is -0.370 e. The summed E-state index contributed by atoms with van der Waals surface area (Å²) in [5, 5.41) is 2.76. The number of nitrogens with one attached hydrogen (secondary N) is 1. The molecule has 4 nitrogen and oxygen atoms in total. The van der Waals surface area contributed by atoms with Gasteiger partial charge < -0.3 is 15.8 Å². The molecule has 1 amide bonds. The first-order chi connectivity index (χ1) is 5.27. The van der Waals surface area contributed by atoms with E-state index in [0.29, 0.717) is 19.7 Å². The standard InChI is InChI=1S/C6H13FN2O2/c7-1-2-9-3-4-11-5-6(8)10/h9H,1-5H2,(H2,8,10). The number of carbonyl (C=O) groups excluding carboxylic acids is 1. The Morgan fingerprint density at radius 2 is 2.27 bits per heavy atom. The van der Waals surface area contributed by atoms with Crippen LogP contribution in [0.2, 0.25) is 0 Å². The number of amides is 1. The van der Waals surface area contributed by atoms with E-state index in [9.17, 15) is 9.18 Å². The molecule has 66 valence electrons. The Kier molecular flexibility index (Phi) is 6.97. The van der Waals surface area contributed by atoms with E-state index < -0.39 is 12.6 Å². The molecule has 0 aromatic carbocycles. The summed E-state index contributed by atoms with van der Waals surface area (Å²) in [7, 11) is 0. The van der Waals surface area contributed by atoms with E-state index in [4.69, 9.17) is 10.5 Å². The molecule has 0 aromatic heterocycles. The molecule has 0 saturated carbocycles. The number of hydrogen-bond acceptors (Lipinski definition) is 3. The van der Waals surface area contributed by atoms with Crippen LogP contribution in [0.25, 0.3) is 0 Å².